The predicted molar refractivity (Wildman–Crippen MR) is 51.0 cm³/mol. The van der Waals surface area contributed by atoms with Crippen LogP contribution in [0.25, 0.3) is 0 Å². The highest BCUT2D eigenvalue weighted by Gasteiger charge is 2.32. The van der Waals surface area contributed by atoms with Crippen molar-refractivity contribution in [2.24, 2.45) is 17.1 Å². The minimum atomic E-state index is 0.307. The second kappa shape index (κ2) is 4.24. The predicted octanol–water partition coefficient (Wildman–Crippen LogP) is 1.79. The van der Waals surface area contributed by atoms with E-state index in [9.17, 15) is 0 Å². The fourth-order valence-electron chi connectivity index (χ4n) is 2.09. The summed E-state index contributed by atoms with van der Waals surface area (Å²) in [7, 11) is 1.77. The number of rotatable bonds is 3. The second-order valence-electron chi connectivity index (χ2n) is 4.32. The third-order valence-corrected chi connectivity index (χ3v) is 3.22. The van der Waals surface area contributed by atoms with Gasteiger partial charge in [-0.25, -0.2) is 0 Å². The van der Waals surface area contributed by atoms with Gasteiger partial charge in [-0.1, -0.05) is 19.8 Å². The Kier molecular flexibility index (Phi) is 3.53. The Hall–Kier alpha value is -0.0800. The maximum absolute atomic E-state index is 5.79. The van der Waals surface area contributed by atoms with Crippen molar-refractivity contribution < 1.29 is 4.74 Å². The van der Waals surface area contributed by atoms with Gasteiger partial charge in [0.05, 0.1) is 6.61 Å². The fraction of sp³-hybridized carbons (Fsp3) is 1.00. The van der Waals surface area contributed by atoms with Crippen LogP contribution in [0.1, 0.15) is 32.6 Å². The summed E-state index contributed by atoms with van der Waals surface area (Å²) in [5, 5.41) is 0. The molecule has 0 saturated heterocycles. The van der Waals surface area contributed by atoms with Crippen LogP contribution in [-0.4, -0.2) is 20.3 Å². The normalized spacial score (nSPS) is 36.8. The third-order valence-electron chi connectivity index (χ3n) is 3.22. The van der Waals surface area contributed by atoms with Crippen LogP contribution < -0.4 is 5.73 Å². The average molecular weight is 171 g/mol. The van der Waals surface area contributed by atoms with E-state index in [4.69, 9.17) is 10.5 Å². The van der Waals surface area contributed by atoms with E-state index in [1.807, 2.05) is 0 Å². The molecule has 2 nitrogen and oxygen atoms in total. The number of ether oxygens (including phenoxy) is 1. The van der Waals surface area contributed by atoms with Gasteiger partial charge >= 0.3 is 0 Å². The molecule has 0 unspecified atom stereocenters. The Labute approximate surface area is 75.5 Å². The lowest BCUT2D eigenvalue weighted by Crippen LogP contribution is -2.38. The Morgan fingerprint density at radius 3 is 2.42 bits per heavy atom. The molecule has 2 N–H and O–H groups in total. The number of methoxy groups -OCH3 is 1. The van der Waals surface area contributed by atoms with Gasteiger partial charge < -0.3 is 10.5 Å². The maximum atomic E-state index is 5.79. The van der Waals surface area contributed by atoms with Crippen molar-refractivity contribution in [3.05, 3.63) is 0 Å². The molecule has 0 aromatic carbocycles. The molecule has 72 valence electrons. The van der Waals surface area contributed by atoms with Crippen LogP contribution >= 0.6 is 0 Å². The summed E-state index contributed by atoms with van der Waals surface area (Å²) in [6.45, 7) is 3.96. The highest BCUT2D eigenvalue weighted by atomic mass is 16.5. The van der Waals surface area contributed by atoms with Crippen LogP contribution in [0.15, 0.2) is 0 Å². The molecule has 0 heterocycles. The zero-order valence-electron chi connectivity index (χ0n) is 8.31. The first-order valence-electron chi connectivity index (χ1n) is 4.91. The molecule has 2 heteroatoms. The van der Waals surface area contributed by atoms with E-state index >= 15 is 0 Å². The number of hydrogen-bond acceptors (Lipinski definition) is 2. The summed E-state index contributed by atoms with van der Waals surface area (Å²) < 4.78 is 5.23. The average Bonchev–Trinajstić information content (AvgIpc) is 2.10. The van der Waals surface area contributed by atoms with Crippen LogP contribution in [0, 0.1) is 11.3 Å². The summed E-state index contributed by atoms with van der Waals surface area (Å²) >= 11 is 0. The van der Waals surface area contributed by atoms with E-state index in [2.05, 4.69) is 6.92 Å². The Morgan fingerprint density at radius 2 is 2.00 bits per heavy atom. The molecule has 0 radical (unpaired) electrons. The largest absolute Gasteiger partial charge is 0.384 e. The Morgan fingerprint density at radius 1 is 1.42 bits per heavy atom. The molecule has 0 spiro atoms. The number of nitrogens with two attached hydrogens (primary N) is 1. The van der Waals surface area contributed by atoms with Gasteiger partial charge in [-0.15, -0.1) is 0 Å². The summed E-state index contributed by atoms with van der Waals surface area (Å²) in [6, 6.07) is 0. The lowest BCUT2D eigenvalue weighted by atomic mass is 9.71. The van der Waals surface area contributed by atoms with E-state index in [1.165, 1.54) is 25.7 Å². The molecule has 0 bridgehead atoms. The van der Waals surface area contributed by atoms with Gasteiger partial charge in [0, 0.05) is 19.1 Å². The summed E-state index contributed by atoms with van der Waals surface area (Å²) in [4.78, 5) is 0. The quantitative estimate of drug-likeness (QED) is 0.702. The molecule has 0 aromatic heterocycles. The van der Waals surface area contributed by atoms with Gasteiger partial charge in [-0.05, 0) is 18.8 Å². The van der Waals surface area contributed by atoms with Crippen molar-refractivity contribution in [2.45, 2.75) is 32.6 Å². The Balaban J connectivity index is 2.45. The van der Waals surface area contributed by atoms with Crippen molar-refractivity contribution in [3.8, 4) is 0 Å². The molecule has 0 atom stereocenters. The van der Waals surface area contributed by atoms with E-state index < -0.39 is 0 Å². The van der Waals surface area contributed by atoms with Crippen LogP contribution in [-0.2, 0) is 4.74 Å². The van der Waals surface area contributed by atoms with Crippen molar-refractivity contribution in [3.63, 3.8) is 0 Å². The molecule has 1 aliphatic rings. The highest BCUT2D eigenvalue weighted by molar-refractivity contribution is 4.85. The SMILES string of the molecule is COCC1(CN)CCC(C)CC1. The minimum absolute atomic E-state index is 0.307. The van der Waals surface area contributed by atoms with E-state index in [0.29, 0.717) is 5.41 Å². The van der Waals surface area contributed by atoms with Crippen molar-refractivity contribution in [1.29, 1.82) is 0 Å². The van der Waals surface area contributed by atoms with Gasteiger partial charge in [0.2, 0.25) is 0 Å². The zero-order valence-corrected chi connectivity index (χ0v) is 8.31. The van der Waals surface area contributed by atoms with Crippen LogP contribution in [0.3, 0.4) is 0 Å². The third kappa shape index (κ3) is 2.20. The molecular weight excluding hydrogens is 150 g/mol. The van der Waals surface area contributed by atoms with Crippen LogP contribution in [0.4, 0.5) is 0 Å². The zero-order chi connectivity index (χ0) is 9.03. The highest BCUT2D eigenvalue weighted by Crippen LogP contribution is 2.37. The molecule has 0 amide bonds. The van der Waals surface area contributed by atoms with Gasteiger partial charge in [0.1, 0.15) is 0 Å². The Bertz CT molecular complexity index is 128. The maximum Gasteiger partial charge on any atom is 0.0530 e. The first kappa shape index (κ1) is 10.0. The van der Waals surface area contributed by atoms with Crippen LogP contribution in [0.2, 0.25) is 0 Å². The minimum Gasteiger partial charge on any atom is -0.384 e. The monoisotopic (exact) mass is 171 g/mol. The molecule has 1 aliphatic carbocycles. The molecule has 0 aromatic rings. The van der Waals surface area contributed by atoms with Gasteiger partial charge in [-0.2, -0.15) is 0 Å². The first-order valence-corrected chi connectivity index (χ1v) is 4.91. The number of hydrogen-bond donors (Lipinski definition) is 1. The topological polar surface area (TPSA) is 35.2 Å². The summed E-state index contributed by atoms with van der Waals surface area (Å²) in [5.74, 6) is 0.890. The summed E-state index contributed by atoms with van der Waals surface area (Å²) in [5.41, 5.74) is 6.10. The first-order chi connectivity index (χ1) is 5.72. The molecule has 1 rings (SSSR count). The smallest absolute Gasteiger partial charge is 0.0530 e. The standard InChI is InChI=1S/C10H21NO/c1-9-3-5-10(7-11,6-4-9)8-12-2/h9H,3-8,11H2,1-2H3. The van der Waals surface area contributed by atoms with Crippen LogP contribution in [0.5, 0.6) is 0 Å². The molecule has 0 aliphatic heterocycles. The van der Waals surface area contributed by atoms with Gasteiger partial charge in [-0.3, -0.25) is 0 Å². The lowest BCUT2D eigenvalue weighted by molar-refractivity contribution is 0.0443. The van der Waals surface area contributed by atoms with E-state index in [1.54, 1.807) is 7.11 Å². The molecular formula is C10H21NO. The van der Waals surface area contributed by atoms with Crippen molar-refractivity contribution in [1.82, 2.24) is 0 Å². The fourth-order valence-corrected chi connectivity index (χ4v) is 2.09. The molecule has 1 fully saturated rings. The van der Waals surface area contributed by atoms with Gasteiger partial charge in [0.15, 0.2) is 0 Å². The van der Waals surface area contributed by atoms with Crippen molar-refractivity contribution >= 4 is 0 Å². The molecule has 12 heavy (non-hydrogen) atoms. The van der Waals surface area contributed by atoms with Crippen molar-refractivity contribution in [2.75, 3.05) is 20.3 Å². The summed E-state index contributed by atoms with van der Waals surface area (Å²) in [6.07, 6.45) is 5.14. The van der Waals surface area contributed by atoms with Gasteiger partial charge in [0.25, 0.3) is 0 Å². The van der Waals surface area contributed by atoms with E-state index in [0.717, 1.165) is 19.1 Å². The molecule has 1 saturated carbocycles. The lowest BCUT2D eigenvalue weighted by Gasteiger charge is -2.37. The second-order valence-corrected chi connectivity index (χ2v) is 4.32. The van der Waals surface area contributed by atoms with E-state index in [-0.39, 0.29) is 0 Å².